The average molecular weight is 260 g/mol. The lowest BCUT2D eigenvalue weighted by Gasteiger charge is -2.09. The van der Waals surface area contributed by atoms with Crippen molar-refractivity contribution in [3.63, 3.8) is 0 Å². The molecule has 0 amide bonds. The van der Waals surface area contributed by atoms with Crippen LogP contribution in [0.25, 0.3) is 0 Å². The number of ketones is 1. The van der Waals surface area contributed by atoms with E-state index >= 15 is 0 Å². The number of carbonyl (C=O) groups is 1. The van der Waals surface area contributed by atoms with Crippen LogP contribution in [0, 0.1) is 20.8 Å². The van der Waals surface area contributed by atoms with E-state index in [4.69, 9.17) is 4.74 Å². The zero-order valence-electron chi connectivity index (χ0n) is 10.8. The molecule has 2 nitrogen and oxygen atoms in total. The molecule has 0 aliphatic rings. The van der Waals surface area contributed by atoms with E-state index in [0.29, 0.717) is 0 Å². The van der Waals surface area contributed by atoms with E-state index in [-0.39, 0.29) is 12.4 Å². The molecule has 0 saturated heterocycles. The Morgan fingerprint density at radius 3 is 2.61 bits per heavy atom. The van der Waals surface area contributed by atoms with Gasteiger partial charge in [-0.25, -0.2) is 0 Å². The Bertz CT molecular complexity index is 570. The standard InChI is InChI=1S/C15H16O2S/c1-10-5-4-6-14(12(10)3)17-9-13(16)15-8-7-11(2)18-15/h4-8H,9H2,1-3H3. The van der Waals surface area contributed by atoms with Gasteiger partial charge in [0.15, 0.2) is 6.61 Å². The molecule has 3 heteroatoms. The van der Waals surface area contributed by atoms with Crippen molar-refractivity contribution >= 4 is 17.1 Å². The van der Waals surface area contributed by atoms with Gasteiger partial charge in [-0.2, -0.15) is 0 Å². The van der Waals surface area contributed by atoms with Crippen molar-refractivity contribution in [2.24, 2.45) is 0 Å². The Morgan fingerprint density at radius 2 is 1.94 bits per heavy atom. The Hall–Kier alpha value is -1.61. The summed E-state index contributed by atoms with van der Waals surface area (Å²) in [5.74, 6) is 0.825. The van der Waals surface area contributed by atoms with E-state index in [1.165, 1.54) is 16.9 Å². The fourth-order valence-electron chi connectivity index (χ4n) is 1.68. The molecule has 1 heterocycles. The van der Waals surface area contributed by atoms with Gasteiger partial charge in [-0.05, 0) is 50.1 Å². The van der Waals surface area contributed by atoms with E-state index in [1.54, 1.807) is 0 Å². The molecule has 0 N–H and O–H groups in total. The number of thiophene rings is 1. The first-order valence-electron chi connectivity index (χ1n) is 5.86. The van der Waals surface area contributed by atoms with Gasteiger partial charge in [0.25, 0.3) is 0 Å². The predicted octanol–water partition coefficient (Wildman–Crippen LogP) is 3.94. The largest absolute Gasteiger partial charge is 0.485 e. The zero-order chi connectivity index (χ0) is 13.1. The van der Waals surface area contributed by atoms with Crippen molar-refractivity contribution in [2.45, 2.75) is 20.8 Å². The van der Waals surface area contributed by atoms with Crippen molar-refractivity contribution in [2.75, 3.05) is 6.61 Å². The quantitative estimate of drug-likeness (QED) is 0.778. The van der Waals surface area contributed by atoms with Crippen LogP contribution in [0.2, 0.25) is 0 Å². The third kappa shape index (κ3) is 2.79. The van der Waals surface area contributed by atoms with Gasteiger partial charge in [-0.15, -0.1) is 11.3 Å². The van der Waals surface area contributed by atoms with Crippen molar-refractivity contribution in [1.82, 2.24) is 0 Å². The van der Waals surface area contributed by atoms with Gasteiger partial charge in [-0.1, -0.05) is 12.1 Å². The maximum Gasteiger partial charge on any atom is 0.210 e. The molecule has 2 aromatic rings. The SMILES string of the molecule is Cc1ccc(C(=O)COc2cccc(C)c2C)s1. The number of aryl methyl sites for hydroxylation is 2. The Labute approximate surface area is 111 Å². The van der Waals surface area contributed by atoms with Gasteiger partial charge < -0.3 is 4.74 Å². The highest BCUT2D eigenvalue weighted by atomic mass is 32.1. The van der Waals surface area contributed by atoms with Crippen LogP contribution < -0.4 is 4.74 Å². The molecule has 0 atom stereocenters. The number of benzene rings is 1. The zero-order valence-corrected chi connectivity index (χ0v) is 11.6. The summed E-state index contributed by atoms with van der Waals surface area (Å²) in [5, 5.41) is 0. The summed E-state index contributed by atoms with van der Waals surface area (Å²) in [7, 11) is 0. The van der Waals surface area contributed by atoms with Crippen molar-refractivity contribution in [3.8, 4) is 5.75 Å². The normalized spacial score (nSPS) is 10.4. The molecule has 94 valence electrons. The van der Waals surface area contributed by atoms with Crippen molar-refractivity contribution in [1.29, 1.82) is 0 Å². The summed E-state index contributed by atoms with van der Waals surface area (Å²) in [4.78, 5) is 13.8. The number of hydrogen-bond donors (Lipinski definition) is 0. The molecule has 0 spiro atoms. The minimum atomic E-state index is 0.0361. The van der Waals surface area contributed by atoms with E-state index in [9.17, 15) is 4.79 Å². The number of carbonyl (C=O) groups excluding carboxylic acids is 1. The highest BCUT2D eigenvalue weighted by molar-refractivity contribution is 7.14. The van der Waals surface area contributed by atoms with Crippen LogP contribution in [-0.2, 0) is 0 Å². The number of hydrogen-bond acceptors (Lipinski definition) is 3. The summed E-state index contributed by atoms with van der Waals surface area (Å²) in [6, 6.07) is 9.68. The average Bonchev–Trinajstić information content (AvgIpc) is 2.77. The van der Waals surface area contributed by atoms with Gasteiger partial charge in [0.1, 0.15) is 5.75 Å². The van der Waals surface area contributed by atoms with Crippen LogP contribution in [0.4, 0.5) is 0 Å². The molecule has 0 bridgehead atoms. The summed E-state index contributed by atoms with van der Waals surface area (Å²) in [6.45, 7) is 6.13. The van der Waals surface area contributed by atoms with Gasteiger partial charge in [0.05, 0.1) is 4.88 Å². The first-order valence-corrected chi connectivity index (χ1v) is 6.68. The van der Waals surface area contributed by atoms with E-state index in [1.807, 2.05) is 51.1 Å². The molecule has 0 radical (unpaired) electrons. The van der Waals surface area contributed by atoms with Crippen molar-refractivity contribution in [3.05, 3.63) is 51.2 Å². The molecule has 0 aliphatic carbocycles. The fourth-order valence-corrected chi connectivity index (χ4v) is 2.47. The maximum absolute atomic E-state index is 11.9. The van der Waals surface area contributed by atoms with Gasteiger partial charge in [0.2, 0.25) is 5.78 Å². The molecule has 0 aliphatic heterocycles. The molecule has 1 aromatic heterocycles. The monoisotopic (exact) mass is 260 g/mol. The lowest BCUT2D eigenvalue weighted by molar-refractivity contribution is 0.0925. The molecular weight excluding hydrogens is 244 g/mol. The second-order valence-corrected chi connectivity index (χ2v) is 5.61. The summed E-state index contributed by atoms with van der Waals surface area (Å²) < 4.78 is 5.60. The summed E-state index contributed by atoms with van der Waals surface area (Å²) >= 11 is 1.51. The van der Waals surface area contributed by atoms with Crippen LogP contribution in [0.3, 0.4) is 0 Å². The molecule has 0 saturated carbocycles. The van der Waals surface area contributed by atoms with Crippen LogP contribution >= 0.6 is 11.3 Å². The lowest BCUT2D eigenvalue weighted by atomic mass is 10.1. The number of ether oxygens (including phenoxy) is 1. The Morgan fingerprint density at radius 1 is 1.17 bits per heavy atom. The fraction of sp³-hybridized carbons (Fsp3) is 0.267. The predicted molar refractivity (Wildman–Crippen MR) is 74.8 cm³/mol. The second kappa shape index (κ2) is 5.36. The van der Waals surface area contributed by atoms with Crippen LogP contribution in [0.15, 0.2) is 30.3 Å². The van der Waals surface area contributed by atoms with Crippen molar-refractivity contribution < 1.29 is 9.53 Å². The molecule has 0 fully saturated rings. The molecule has 2 rings (SSSR count). The lowest BCUT2D eigenvalue weighted by Crippen LogP contribution is -2.10. The first kappa shape index (κ1) is 12.8. The van der Waals surface area contributed by atoms with Gasteiger partial charge in [-0.3, -0.25) is 4.79 Å². The Balaban J connectivity index is 2.04. The number of Topliss-reactive ketones (excluding diaryl/α,β-unsaturated/α-hetero) is 1. The smallest absolute Gasteiger partial charge is 0.210 e. The summed E-state index contributed by atoms with van der Waals surface area (Å²) in [6.07, 6.45) is 0. The highest BCUT2D eigenvalue weighted by Gasteiger charge is 2.10. The minimum absolute atomic E-state index is 0.0361. The first-order chi connectivity index (χ1) is 8.58. The molecule has 18 heavy (non-hydrogen) atoms. The minimum Gasteiger partial charge on any atom is -0.485 e. The van der Waals surface area contributed by atoms with Crippen LogP contribution in [-0.4, -0.2) is 12.4 Å². The van der Waals surface area contributed by atoms with E-state index in [2.05, 4.69) is 0 Å². The number of rotatable bonds is 4. The third-order valence-electron chi connectivity index (χ3n) is 2.93. The Kier molecular flexibility index (Phi) is 3.82. The highest BCUT2D eigenvalue weighted by Crippen LogP contribution is 2.21. The van der Waals surface area contributed by atoms with Crippen LogP contribution in [0.1, 0.15) is 25.7 Å². The molecular formula is C15H16O2S. The summed E-state index contributed by atoms with van der Waals surface area (Å²) in [5.41, 5.74) is 2.26. The molecule has 0 unspecified atom stereocenters. The molecule has 1 aromatic carbocycles. The van der Waals surface area contributed by atoms with Gasteiger partial charge >= 0.3 is 0 Å². The van der Waals surface area contributed by atoms with E-state index in [0.717, 1.165) is 21.1 Å². The third-order valence-corrected chi connectivity index (χ3v) is 3.97. The second-order valence-electron chi connectivity index (χ2n) is 4.32. The van der Waals surface area contributed by atoms with Gasteiger partial charge in [0, 0.05) is 4.88 Å². The maximum atomic E-state index is 11.9. The van der Waals surface area contributed by atoms with Crippen LogP contribution in [0.5, 0.6) is 5.75 Å². The van der Waals surface area contributed by atoms with E-state index < -0.39 is 0 Å². The topological polar surface area (TPSA) is 26.3 Å².